The Hall–Kier alpha value is -3.61. The summed E-state index contributed by atoms with van der Waals surface area (Å²) in [6, 6.07) is 14.5. The molecule has 0 saturated heterocycles. The van der Waals surface area contributed by atoms with Crippen LogP contribution in [0.25, 0.3) is 11.3 Å². The van der Waals surface area contributed by atoms with Crippen LogP contribution in [0.4, 0.5) is 0 Å². The highest BCUT2D eigenvalue weighted by molar-refractivity contribution is 5.96. The van der Waals surface area contributed by atoms with E-state index in [2.05, 4.69) is 20.7 Å². The Balaban J connectivity index is 1.68. The van der Waals surface area contributed by atoms with Crippen LogP contribution >= 0.6 is 0 Å². The molecule has 1 aromatic heterocycles. The van der Waals surface area contributed by atoms with E-state index < -0.39 is 0 Å². The highest BCUT2D eigenvalue weighted by Gasteiger charge is 2.08. The van der Waals surface area contributed by atoms with Gasteiger partial charge in [0.2, 0.25) is 0 Å². The number of rotatable bonds is 7. The Kier molecular flexibility index (Phi) is 6.06. The fourth-order valence-electron chi connectivity index (χ4n) is 2.59. The van der Waals surface area contributed by atoms with Gasteiger partial charge in [-0.15, -0.1) is 0 Å². The van der Waals surface area contributed by atoms with Crippen molar-refractivity contribution in [2.75, 3.05) is 7.11 Å². The molecule has 0 atom stereocenters. The molecule has 0 aliphatic rings. The lowest BCUT2D eigenvalue weighted by atomic mass is 10.1. The molecule has 144 valence electrons. The molecule has 0 fully saturated rings. The summed E-state index contributed by atoms with van der Waals surface area (Å²) in [5.41, 5.74) is 5.48. The van der Waals surface area contributed by atoms with Crippen LogP contribution in [0.3, 0.4) is 0 Å². The fourth-order valence-corrected chi connectivity index (χ4v) is 2.59. The van der Waals surface area contributed by atoms with Crippen molar-refractivity contribution in [1.82, 2.24) is 15.6 Å². The molecule has 3 rings (SSSR count). The maximum absolute atomic E-state index is 12.3. The standard InChI is InChI=1S/C21H22N4O3/c1-14(2)28-19-6-4-5-16(11-19)21(26)25-23-13-17-12-22-24-20(17)15-7-9-18(27-3)10-8-15/h4-14H,1-3H3,(H,22,24)(H,25,26). The monoisotopic (exact) mass is 378 g/mol. The molecule has 0 unspecified atom stereocenters. The molecule has 28 heavy (non-hydrogen) atoms. The normalized spacial score (nSPS) is 11.0. The van der Waals surface area contributed by atoms with Gasteiger partial charge in [-0.25, -0.2) is 5.43 Å². The topological polar surface area (TPSA) is 88.6 Å². The molecule has 7 heteroatoms. The number of hydrazone groups is 1. The third-order valence-electron chi connectivity index (χ3n) is 3.89. The highest BCUT2D eigenvalue weighted by atomic mass is 16.5. The number of carbonyl (C=O) groups excluding carboxylic acids is 1. The van der Waals surface area contributed by atoms with E-state index in [0.717, 1.165) is 22.6 Å². The summed E-state index contributed by atoms with van der Waals surface area (Å²) in [7, 11) is 1.62. The first-order chi connectivity index (χ1) is 13.6. The summed E-state index contributed by atoms with van der Waals surface area (Å²) in [5.74, 6) is 1.10. The van der Waals surface area contributed by atoms with Gasteiger partial charge in [0.05, 0.1) is 31.3 Å². The van der Waals surface area contributed by atoms with Crippen LogP contribution in [-0.4, -0.2) is 35.5 Å². The van der Waals surface area contributed by atoms with Gasteiger partial charge in [-0.2, -0.15) is 10.2 Å². The molecule has 7 nitrogen and oxygen atoms in total. The molecule has 0 bridgehead atoms. The Morgan fingerprint density at radius 3 is 2.68 bits per heavy atom. The maximum Gasteiger partial charge on any atom is 0.271 e. The Morgan fingerprint density at radius 2 is 1.96 bits per heavy atom. The van der Waals surface area contributed by atoms with E-state index in [1.54, 1.807) is 37.7 Å². The van der Waals surface area contributed by atoms with Gasteiger partial charge in [-0.05, 0) is 56.3 Å². The largest absolute Gasteiger partial charge is 0.497 e. The van der Waals surface area contributed by atoms with Crippen molar-refractivity contribution in [2.45, 2.75) is 20.0 Å². The van der Waals surface area contributed by atoms with Crippen molar-refractivity contribution in [3.63, 3.8) is 0 Å². The number of nitrogens with one attached hydrogen (secondary N) is 2. The minimum Gasteiger partial charge on any atom is -0.497 e. The predicted octanol–water partition coefficient (Wildman–Crippen LogP) is 3.64. The van der Waals surface area contributed by atoms with Crippen LogP contribution in [0.15, 0.2) is 59.8 Å². The molecule has 3 aromatic rings. The number of carbonyl (C=O) groups is 1. The molecular weight excluding hydrogens is 356 g/mol. The summed E-state index contributed by atoms with van der Waals surface area (Å²) in [6.45, 7) is 3.87. The van der Waals surface area contributed by atoms with Crippen molar-refractivity contribution in [2.24, 2.45) is 5.10 Å². The predicted molar refractivity (Wildman–Crippen MR) is 108 cm³/mol. The Morgan fingerprint density at radius 1 is 1.18 bits per heavy atom. The third-order valence-corrected chi connectivity index (χ3v) is 3.89. The van der Waals surface area contributed by atoms with E-state index in [4.69, 9.17) is 9.47 Å². The summed E-state index contributed by atoms with van der Waals surface area (Å²) in [4.78, 5) is 12.3. The zero-order chi connectivity index (χ0) is 19.9. The Bertz CT molecular complexity index is 962. The first kappa shape index (κ1) is 19.2. The van der Waals surface area contributed by atoms with Crippen molar-refractivity contribution in [3.05, 3.63) is 65.9 Å². The molecule has 2 aromatic carbocycles. The second-order valence-electron chi connectivity index (χ2n) is 6.32. The van der Waals surface area contributed by atoms with Gasteiger partial charge in [-0.3, -0.25) is 9.89 Å². The molecule has 0 aliphatic carbocycles. The number of ether oxygens (including phenoxy) is 2. The lowest BCUT2D eigenvalue weighted by Gasteiger charge is -2.10. The number of benzene rings is 2. The summed E-state index contributed by atoms with van der Waals surface area (Å²) < 4.78 is 10.8. The van der Waals surface area contributed by atoms with Crippen LogP contribution < -0.4 is 14.9 Å². The van der Waals surface area contributed by atoms with Gasteiger partial charge in [0, 0.05) is 16.7 Å². The van der Waals surface area contributed by atoms with Gasteiger partial charge >= 0.3 is 0 Å². The van der Waals surface area contributed by atoms with Crippen LogP contribution in [0, 0.1) is 0 Å². The number of amides is 1. The van der Waals surface area contributed by atoms with Gasteiger partial charge < -0.3 is 9.47 Å². The van der Waals surface area contributed by atoms with Crippen LogP contribution in [-0.2, 0) is 0 Å². The quantitative estimate of drug-likeness (QED) is 0.485. The molecular formula is C21H22N4O3. The number of methoxy groups -OCH3 is 1. The number of aromatic amines is 1. The molecule has 2 N–H and O–H groups in total. The van der Waals surface area contributed by atoms with Crippen molar-refractivity contribution < 1.29 is 14.3 Å². The second-order valence-corrected chi connectivity index (χ2v) is 6.32. The number of hydrogen-bond acceptors (Lipinski definition) is 5. The van der Waals surface area contributed by atoms with Gasteiger partial charge in [0.15, 0.2) is 0 Å². The minimum atomic E-state index is -0.319. The van der Waals surface area contributed by atoms with Crippen molar-refractivity contribution >= 4 is 12.1 Å². The van der Waals surface area contributed by atoms with E-state index in [1.165, 1.54) is 0 Å². The molecule has 0 radical (unpaired) electrons. The Labute approximate surface area is 163 Å². The number of H-pyrrole nitrogens is 1. The molecule has 1 amide bonds. The lowest BCUT2D eigenvalue weighted by molar-refractivity contribution is 0.0954. The summed E-state index contributed by atoms with van der Waals surface area (Å²) in [6.07, 6.45) is 3.23. The fraction of sp³-hybridized carbons (Fsp3) is 0.190. The van der Waals surface area contributed by atoms with E-state index in [1.807, 2.05) is 44.2 Å². The van der Waals surface area contributed by atoms with Gasteiger partial charge in [0.1, 0.15) is 11.5 Å². The molecule has 0 spiro atoms. The van der Waals surface area contributed by atoms with Crippen molar-refractivity contribution in [1.29, 1.82) is 0 Å². The van der Waals surface area contributed by atoms with Crippen LogP contribution in [0.1, 0.15) is 29.8 Å². The SMILES string of the molecule is COc1ccc(-c2[nH]ncc2C=NNC(=O)c2cccc(OC(C)C)c2)cc1. The average Bonchev–Trinajstić information content (AvgIpc) is 3.16. The van der Waals surface area contributed by atoms with Gasteiger partial charge in [-0.1, -0.05) is 6.07 Å². The van der Waals surface area contributed by atoms with Crippen LogP contribution in [0.2, 0.25) is 0 Å². The molecule has 1 heterocycles. The zero-order valence-electron chi connectivity index (χ0n) is 16.0. The maximum atomic E-state index is 12.3. The number of aromatic nitrogens is 2. The summed E-state index contributed by atoms with van der Waals surface area (Å²) in [5, 5.41) is 11.1. The van der Waals surface area contributed by atoms with E-state index in [-0.39, 0.29) is 12.0 Å². The second kappa shape index (κ2) is 8.85. The van der Waals surface area contributed by atoms with Crippen LogP contribution in [0.5, 0.6) is 11.5 Å². The smallest absolute Gasteiger partial charge is 0.271 e. The third kappa shape index (κ3) is 4.76. The lowest BCUT2D eigenvalue weighted by Crippen LogP contribution is -2.17. The molecule has 0 saturated carbocycles. The van der Waals surface area contributed by atoms with E-state index in [9.17, 15) is 4.79 Å². The first-order valence-electron chi connectivity index (χ1n) is 8.84. The van der Waals surface area contributed by atoms with Gasteiger partial charge in [0.25, 0.3) is 5.91 Å². The van der Waals surface area contributed by atoms with Crippen molar-refractivity contribution in [3.8, 4) is 22.8 Å². The molecule has 0 aliphatic heterocycles. The number of nitrogens with zero attached hydrogens (tertiary/aromatic N) is 2. The van der Waals surface area contributed by atoms with E-state index >= 15 is 0 Å². The average molecular weight is 378 g/mol. The first-order valence-corrected chi connectivity index (χ1v) is 8.84. The van der Waals surface area contributed by atoms with E-state index in [0.29, 0.717) is 11.3 Å². The highest BCUT2D eigenvalue weighted by Crippen LogP contribution is 2.22. The number of hydrogen-bond donors (Lipinski definition) is 2. The minimum absolute atomic E-state index is 0.0359. The zero-order valence-corrected chi connectivity index (χ0v) is 16.0. The summed E-state index contributed by atoms with van der Waals surface area (Å²) >= 11 is 0.